The highest BCUT2D eigenvalue weighted by molar-refractivity contribution is 8.47. The van der Waals surface area contributed by atoms with Crippen LogP contribution in [0.25, 0.3) is 0 Å². The second-order valence-corrected chi connectivity index (χ2v) is 11.5. The van der Waals surface area contributed by atoms with E-state index < -0.39 is 5.41 Å². The van der Waals surface area contributed by atoms with Crippen LogP contribution in [0, 0.1) is 11.3 Å². The first-order valence-electron chi connectivity index (χ1n) is 9.87. The summed E-state index contributed by atoms with van der Waals surface area (Å²) in [7, 11) is 1.39. The highest BCUT2D eigenvalue weighted by Gasteiger charge is 2.36. The second-order valence-electron chi connectivity index (χ2n) is 7.88. The second kappa shape index (κ2) is 12.6. The molecule has 1 aromatic rings. The van der Waals surface area contributed by atoms with Crippen LogP contribution in [-0.4, -0.2) is 34.3 Å². The number of nitrogens with one attached hydrogen (secondary N) is 1. The summed E-state index contributed by atoms with van der Waals surface area (Å²) in [5, 5.41) is 3.06. The molecule has 1 aromatic carbocycles. The molecule has 7 heteroatoms. The predicted molar refractivity (Wildman–Crippen MR) is 129 cm³/mol. The Kier molecular flexibility index (Phi) is 11.3. The first-order chi connectivity index (χ1) is 13.6. The fraction of sp³-hybridized carbons (Fsp3) is 0.591. The molecule has 1 amide bonds. The van der Waals surface area contributed by atoms with Crippen LogP contribution in [0.5, 0.6) is 0 Å². The number of ether oxygens (including phenoxy) is 1. The number of benzene rings is 1. The fourth-order valence-corrected chi connectivity index (χ4v) is 5.87. The summed E-state index contributed by atoms with van der Waals surface area (Å²) in [6, 6.07) is 10.2. The molecular weight excluding hydrogens is 422 g/mol. The molecule has 0 aliphatic heterocycles. The van der Waals surface area contributed by atoms with E-state index in [1.54, 1.807) is 23.5 Å². The molecule has 2 atom stereocenters. The molecule has 0 aliphatic rings. The van der Waals surface area contributed by atoms with Crippen LogP contribution >= 0.6 is 35.7 Å². The van der Waals surface area contributed by atoms with Gasteiger partial charge < -0.3 is 10.1 Å². The van der Waals surface area contributed by atoms with Crippen molar-refractivity contribution >= 4 is 51.1 Å². The average Bonchev–Trinajstić information content (AvgIpc) is 2.66. The third-order valence-electron chi connectivity index (χ3n) is 4.47. The van der Waals surface area contributed by atoms with Crippen molar-refractivity contribution in [1.82, 2.24) is 5.32 Å². The minimum Gasteiger partial charge on any atom is -0.469 e. The molecule has 0 fully saturated rings. The zero-order chi connectivity index (χ0) is 22.0. The molecule has 0 bridgehead atoms. The molecule has 1 rings (SSSR count). The number of thiocarbonyl (C=S) groups is 1. The summed E-state index contributed by atoms with van der Waals surface area (Å²) in [4.78, 5) is 25.3. The molecule has 4 nitrogen and oxygen atoms in total. The van der Waals surface area contributed by atoms with Gasteiger partial charge in [-0.3, -0.25) is 9.59 Å². The smallest absolute Gasteiger partial charge is 0.311 e. The van der Waals surface area contributed by atoms with Crippen LogP contribution in [0.1, 0.15) is 58.3 Å². The number of hydrogen-bond donors (Lipinski definition) is 1. The van der Waals surface area contributed by atoms with E-state index in [0.717, 1.165) is 14.8 Å². The summed E-state index contributed by atoms with van der Waals surface area (Å²) in [5.74, 6) is 0.243. The van der Waals surface area contributed by atoms with Crippen molar-refractivity contribution in [2.24, 2.45) is 11.3 Å². The Morgan fingerprint density at radius 2 is 1.83 bits per heavy atom. The minimum atomic E-state index is -0.752. The van der Waals surface area contributed by atoms with Crippen molar-refractivity contribution in [2.45, 2.75) is 58.8 Å². The number of esters is 1. The number of carbonyl (C=O) groups is 2. The zero-order valence-electron chi connectivity index (χ0n) is 18.2. The number of thioether (sulfide) groups is 2. The highest BCUT2D eigenvalue weighted by Crippen LogP contribution is 2.41. The third-order valence-corrected chi connectivity index (χ3v) is 7.22. The molecule has 162 valence electrons. The topological polar surface area (TPSA) is 55.4 Å². The van der Waals surface area contributed by atoms with Gasteiger partial charge in [-0.1, -0.05) is 61.2 Å². The maximum atomic E-state index is 13.0. The Balaban J connectivity index is 3.16. The lowest BCUT2D eigenvalue weighted by atomic mass is 9.80. The van der Waals surface area contributed by atoms with Gasteiger partial charge in [0.25, 0.3) is 0 Å². The molecule has 0 radical (unpaired) electrons. The quantitative estimate of drug-likeness (QED) is 0.365. The predicted octanol–water partition coefficient (Wildman–Crippen LogP) is 5.62. The lowest BCUT2D eigenvalue weighted by Crippen LogP contribution is -2.39. The molecular formula is C22H33NO3S3. The largest absolute Gasteiger partial charge is 0.469 e. The molecule has 0 aliphatic carbocycles. The SMILES string of the molecule is CCSC(=S)SC(CC(CC(C)(C)C(=O)OC)C(=O)NC(C)C)c1ccccc1. The number of methoxy groups -OCH3 is 1. The Morgan fingerprint density at radius 3 is 2.34 bits per heavy atom. The van der Waals surface area contributed by atoms with Crippen molar-refractivity contribution in [3.63, 3.8) is 0 Å². The van der Waals surface area contributed by atoms with E-state index >= 15 is 0 Å². The molecule has 2 unspecified atom stereocenters. The van der Waals surface area contributed by atoms with Crippen LogP contribution in [-0.2, 0) is 14.3 Å². The van der Waals surface area contributed by atoms with Gasteiger partial charge in [0.2, 0.25) is 5.91 Å². The van der Waals surface area contributed by atoms with E-state index in [4.69, 9.17) is 17.0 Å². The van der Waals surface area contributed by atoms with Gasteiger partial charge in [0.05, 0.1) is 12.5 Å². The van der Waals surface area contributed by atoms with Crippen LogP contribution in [0.15, 0.2) is 30.3 Å². The highest BCUT2D eigenvalue weighted by atomic mass is 32.2. The van der Waals surface area contributed by atoms with Gasteiger partial charge in [0, 0.05) is 17.2 Å². The molecule has 0 heterocycles. The van der Waals surface area contributed by atoms with Gasteiger partial charge >= 0.3 is 5.97 Å². The van der Waals surface area contributed by atoms with E-state index in [1.165, 1.54) is 7.11 Å². The van der Waals surface area contributed by atoms with Gasteiger partial charge in [-0.25, -0.2) is 0 Å². The normalized spacial score (nSPS) is 13.6. The van der Waals surface area contributed by atoms with Crippen LogP contribution < -0.4 is 5.32 Å². The molecule has 0 spiro atoms. The molecule has 29 heavy (non-hydrogen) atoms. The number of rotatable bonds is 10. The van der Waals surface area contributed by atoms with Crippen molar-refractivity contribution in [1.29, 1.82) is 0 Å². The zero-order valence-corrected chi connectivity index (χ0v) is 20.6. The minimum absolute atomic E-state index is 0.0331. The summed E-state index contributed by atoms with van der Waals surface area (Å²) >= 11 is 8.81. The van der Waals surface area contributed by atoms with Gasteiger partial charge in [-0.2, -0.15) is 0 Å². The third kappa shape index (κ3) is 9.09. The van der Waals surface area contributed by atoms with E-state index in [9.17, 15) is 9.59 Å². The lowest BCUT2D eigenvalue weighted by Gasteiger charge is -2.30. The van der Waals surface area contributed by atoms with Crippen molar-refractivity contribution in [2.75, 3.05) is 12.9 Å². The van der Waals surface area contributed by atoms with Gasteiger partial charge in [0.1, 0.15) is 3.53 Å². The average molecular weight is 456 g/mol. The maximum Gasteiger partial charge on any atom is 0.311 e. The van der Waals surface area contributed by atoms with E-state index in [1.807, 2.05) is 45.9 Å². The summed E-state index contributed by atoms with van der Waals surface area (Å²) in [6.07, 6.45) is 1.01. The molecule has 0 aromatic heterocycles. The van der Waals surface area contributed by atoms with Crippen LogP contribution in [0.2, 0.25) is 0 Å². The lowest BCUT2D eigenvalue weighted by molar-refractivity contribution is -0.152. The van der Waals surface area contributed by atoms with E-state index in [-0.39, 0.29) is 29.1 Å². The number of amides is 1. The first kappa shape index (κ1) is 26.0. The van der Waals surface area contributed by atoms with Gasteiger partial charge in [0.15, 0.2) is 0 Å². The standard InChI is InChI=1S/C22H33NO3S3/c1-7-28-21(27)29-18(16-11-9-8-10-12-16)13-17(19(24)23-15(2)3)14-22(4,5)20(25)26-6/h8-12,15,17-18H,7,13-14H2,1-6H3,(H,23,24). The fourth-order valence-electron chi connectivity index (χ4n) is 3.11. The van der Waals surface area contributed by atoms with E-state index in [2.05, 4.69) is 24.4 Å². The summed E-state index contributed by atoms with van der Waals surface area (Å²) in [6.45, 7) is 9.62. The van der Waals surface area contributed by atoms with E-state index in [0.29, 0.717) is 12.8 Å². The number of carbonyl (C=O) groups excluding carboxylic acids is 2. The Bertz CT molecular complexity index is 677. The number of hydrogen-bond acceptors (Lipinski definition) is 6. The van der Waals surface area contributed by atoms with Crippen LogP contribution in [0.4, 0.5) is 0 Å². The summed E-state index contributed by atoms with van der Waals surface area (Å²) in [5.41, 5.74) is 0.382. The first-order valence-corrected chi connectivity index (χ1v) is 12.1. The Morgan fingerprint density at radius 1 is 1.21 bits per heavy atom. The van der Waals surface area contributed by atoms with Gasteiger partial charge in [-0.15, -0.1) is 11.8 Å². The van der Waals surface area contributed by atoms with Crippen molar-refractivity contribution < 1.29 is 14.3 Å². The molecule has 0 saturated carbocycles. The van der Waals surface area contributed by atoms with Crippen molar-refractivity contribution in [3.8, 4) is 0 Å². The van der Waals surface area contributed by atoms with Crippen molar-refractivity contribution in [3.05, 3.63) is 35.9 Å². The Hall–Kier alpha value is -1.05. The Labute approximate surface area is 189 Å². The summed E-state index contributed by atoms with van der Waals surface area (Å²) < 4.78 is 5.83. The monoisotopic (exact) mass is 455 g/mol. The molecule has 1 N–H and O–H groups in total. The molecule has 0 saturated heterocycles. The van der Waals surface area contributed by atoms with Crippen LogP contribution in [0.3, 0.4) is 0 Å². The maximum absolute atomic E-state index is 13.0. The van der Waals surface area contributed by atoms with Gasteiger partial charge in [-0.05, 0) is 51.9 Å².